The molecule has 0 bridgehead atoms. The van der Waals surface area contributed by atoms with Gasteiger partial charge in [-0.3, -0.25) is 9.28 Å². The van der Waals surface area contributed by atoms with Gasteiger partial charge in [0.25, 0.3) is 11.8 Å². The van der Waals surface area contributed by atoms with E-state index in [-0.39, 0.29) is 37.7 Å². The average Bonchev–Trinajstić information content (AvgIpc) is 3.68. The highest BCUT2D eigenvalue weighted by Crippen LogP contribution is 2.36. The first-order valence-electron chi connectivity index (χ1n) is 14.3. The monoisotopic (exact) mass is 513 g/mol. The molecular formula is C29H39F2N4O2+. The van der Waals surface area contributed by atoms with E-state index >= 15 is 0 Å². The number of alkyl halides is 2. The summed E-state index contributed by atoms with van der Waals surface area (Å²) in [6, 6.07) is 8.21. The Kier molecular flexibility index (Phi) is 6.60. The highest BCUT2D eigenvalue weighted by Gasteiger charge is 2.46. The summed E-state index contributed by atoms with van der Waals surface area (Å²) in [4.78, 5) is 29.3. The van der Waals surface area contributed by atoms with E-state index in [1.54, 1.807) is 4.90 Å². The lowest BCUT2D eigenvalue weighted by molar-refractivity contribution is -0.880. The number of quaternary nitrogens is 1. The summed E-state index contributed by atoms with van der Waals surface area (Å²) in [5.74, 6) is -2.09. The standard InChI is InChI=1S/C29H39F2N4O2/c30-29(31)10-14-33(15-11-29)27(36)26-19-23-18-22(6-7-25(23)34(26)20-21-4-5-21)28(37)35(16-2-1-3-17-35)24-8-12-32-13-9-24/h6-7,18-19,21,24,32H,1-5,8-17,20H2/q+1. The zero-order chi connectivity index (χ0) is 25.6. The Hall–Kier alpha value is -2.32. The number of halogens is 2. The summed E-state index contributed by atoms with van der Waals surface area (Å²) in [6.07, 6.45) is 7.15. The van der Waals surface area contributed by atoms with Gasteiger partial charge in [0, 0.05) is 69.3 Å². The Labute approximate surface area is 217 Å². The molecule has 1 N–H and O–H groups in total. The predicted octanol–water partition coefficient (Wildman–Crippen LogP) is 4.82. The molecule has 1 aliphatic carbocycles. The van der Waals surface area contributed by atoms with Crippen LogP contribution >= 0.6 is 0 Å². The first-order valence-corrected chi connectivity index (χ1v) is 14.3. The van der Waals surface area contributed by atoms with E-state index in [4.69, 9.17) is 0 Å². The van der Waals surface area contributed by atoms with Crippen molar-refractivity contribution in [3.8, 4) is 0 Å². The van der Waals surface area contributed by atoms with Crippen molar-refractivity contribution in [2.45, 2.75) is 76.3 Å². The van der Waals surface area contributed by atoms with Crippen molar-refractivity contribution in [1.82, 2.24) is 14.8 Å². The van der Waals surface area contributed by atoms with Gasteiger partial charge < -0.3 is 14.8 Å². The number of nitrogens with zero attached hydrogens (tertiary/aromatic N) is 3. The fourth-order valence-electron chi connectivity index (χ4n) is 6.90. The molecule has 6 rings (SSSR count). The van der Waals surface area contributed by atoms with Crippen LogP contribution < -0.4 is 5.32 Å². The van der Waals surface area contributed by atoms with Crippen LogP contribution in [-0.4, -0.2) is 77.0 Å². The Morgan fingerprint density at radius 2 is 1.68 bits per heavy atom. The van der Waals surface area contributed by atoms with Gasteiger partial charge in [0.1, 0.15) is 5.69 Å². The van der Waals surface area contributed by atoms with E-state index in [0.29, 0.717) is 22.1 Å². The van der Waals surface area contributed by atoms with Crippen LogP contribution in [0.1, 0.15) is 78.6 Å². The van der Waals surface area contributed by atoms with E-state index in [1.807, 2.05) is 24.3 Å². The summed E-state index contributed by atoms with van der Waals surface area (Å²) in [6.45, 7) is 4.68. The summed E-state index contributed by atoms with van der Waals surface area (Å²) in [7, 11) is 0. The number of carbonyl (C=O) groups is 2. The van der Waals surface area contributed by atoms with Crippen LogP contribution in [0.15, 0.2) is 24.3 Å². The molecule has 6 nitrogen and oxygen atoms in total. The van der Waals surface area contributed by atoms with Crippen molar-refractivity contribution in [2.24, 2.45) is 5.92 Å². The predicted molar refractivity (Wildman–Crippen MR) is 139 cm³/mol. The van der Waals surface area contributed by atoms with Crippen LogP contribution in [-0.2, 0) is 6.54 Å². The molecule has 8 heteroatoms. The summed E-state index contributed by atoms with van der Waals surface area (Å²) in [5.41, 5.74) is 2.26. The number of hydrogen-bond acceptors (Lipinski definition) is 3. The van der Waals surface area contributed by atoms with Crippen LogP contribution in [0.5, 0.6) is 0 Å². The van der Waals surface area contributed by atoms with Gasteiger partial charge in [0.05, 0.1) is 24.7 Å². The topological polar surface area (TPSA) is 54.3 Å². The van der Waals surface area contributed by atoms with E-state index in [0.717, 1.165) is 87.7 Å². The maximum Gasteiger partial charge on any atom is 0.346 e. The van der Waals surface area contributed by atoms with Gasteiger partial charge in [-0.2, -0.15) is 0 Å². The lowest BCUT2D eigenvalue weighted by Gasteiger charge is -2.46. The molecule has 0 unspecified atom stereocenters. The third-order valence-electron chi connectivity index (χ3n) is 9.31. The molecule has 2 amide bonds. The lowest BCUT2D eigenvalue weighted by atomic mass is 9.94. The minimum atomic E-state index is -2.69. The van der Waals surface area contributed by atoms with Crippen molar-refractivity contribution in [1.29, 1.82) is 0 Å². The Morgan fingerprint density at radius 3 is 2.35 bits per heavy atom. The molecular weight excluding hydrogens is 474 g/mol. The number of likely N-dealkylation sites (tertiary alicyclic amines) is 2. The van der Waals surface area contributed by atoms with Gasteiger partial charge in [0.15, 0.2) is 0 Å². The Bertz CT molecular complexity index is 1170. The third-order valence-corrected chi connectivity index (χ3v) is 9.31. The fourth-order valence-corrected chi connectivity index (χ4v) is 6.90. The van der Waals surface area contributed by atoms with Crippen LogP contribution in [0.4, 0.5) is 8.78 Å². The van der Waals surface area contributed by atoms with E-state index < -0.39 is 5.92 Å². The van der Waals surface area contributed by atoms with Gasteiger partial charge in [-0.05, 0) is 62.3 Å². The first-order chi connectivity index (χ1) is 17.9. The zero-order valence-corrected chi connectivity index (χ0v) is 21.7. The number of carbonyl (C=O) groups excluding carboxylic acids is 2. The average molecular weight is 514 g/mol. The van der Waals surface area contributed by atoms with Gasteiger partial charge >= 0.3 is 5.91 Å². The maximum absolute atomic E-state index is 14.2. The van der Waals surface area contributed by atoms with Crippen molar-refractivity contribution in [3.63, 3.8) is 0 Å². The Morgan fingerprint density at radius 1 is 0.973 bits per heavy atom. The molecule has 2 aromatic rings. The minimum Gasteiger partial charge on any atom is -0.337 e. The molecule has 200 valence electrons. The molecule has 4 fully saturated rings. The highest BCUT2D eigenvalue weighted by atomic mass is 19.3. The summed E-state index contributed by atoms with van der Waals surface area (Å²) in [5, 5.41) is 4.34. The number of amides is 2. The zero-order valence-electron chi connectivity index (χ0n) is 21.7. The second-order valence-corrected chi connectivity index (χ2v) is 11.8. The second kappa shape index (κ2) is 9.77. The highest BCUT2D eigenvalue weighted by molar-refractivity contribution is 6.01. The summed E-state index contributed by atoms with van der Waals surface area (Å²) < 4.78 is 30.1. The number of fused-ring (bicyclic) bond motifs is 1. The molecule has 4 heterocycles. The van der Waals surface area contributed by atoms with E-state index in [2.05, 4.69) is 9.88 Å². The van der Waals surface area contributed by atoms with Crippen LogP contribution in [0.2, 0.25) is 0 Å². The fraction of sp³-hybridized carbons (Fsp3) is 0.655. The number of aromatic nitrogens is 1. The molecule has 3 aliphatic heterocycles. The maximum atomic E-state index is 14.2. The number of benzene rings is 1. The van der Waals surface area contributed by atoms with Gasteiger partial charge in [-0.1, -0.05) is 0 Å². The molecule has 0 atom stereocenters. The lowest BCUT2D eigenvalue weighted by Crippen LogP contribution is -2.63. The smallest absolute Gasteiger partial charge is 0.337 e. The number of piperidine rings is 3. The molecule has 37 heavy (non-hydrogen) atoms. The molecule has 0 radical (unpaired) electrons. The minimum absolute atomic E-state index is 0.0801. The quantitative estimate of drug-likeness (QED) is 0.584. The van der Waals surface area contributed by atoms with E-state index in [1.165, 1.54) is 6.42 Å². The van der Waals surface area contributed by atoms with Gasteiger partial charge in [-0.25, -0.2) is 13.6 Å². The van der Waals surface area contributed by atoms with Crippen LogP contribution in [0, 0.1) is 5.92 Å². The normalized spacial score (nSPS) is 24.3. The van der Waals surface area contributed by atoms with Crippen LogP contribution in [0.25, 0.3) is 10.9 Å². The number of hydrogen-bond donors (Lipinski definition) is 1. The third kappa shape index (κ3) is 4.83. The van der Waals surface area contributed by atoms with Crippen molar-refractivity contribution in [3.05, 3.63) is 35.5 Å². The van der Waals surface area contributed by atoms with E-state index in [9.17, 15) is 18.4 Å². The largest absolute Gasteiger partial charge is 0.346 e. The molecule has 1 aromatic carbocycles. The molecule has 3 saturated heterocycles. The van der Waals surface area contributed by atoms with Crippen LogP contribution in [0.3, 0.4) is 0 Å². The SMILES string of the molecule is O=C(c1cc2cc(C(=O)[N+]3(C4CCNCC4)CCCCC3)ccc2n1CC1CC1)N1CCC(F)(F)CC1. The molecule has 1 saturated carbocycles. The second-order valence-electron chi connectivity index (χ2n) is 11.8. The first kappa shape index (κ1) is 25.0. The molecule has 1 aromatic heterocycles. The van der Waals surface area contributed by atoms with Gasteiger partial charge in [-0.15, -0.1) is 0 Å². The number of rotatable bonds is 5. The molecule has 4 aliphatic rings. The van der Waals surface area contributed by atoms with Crippen molar-refractivity contribution in [2.75, 3.05) is 39.3 Å². The van der Waals surface area contributed by atoms with Crippen molar-refractivity contribution < 1.29 is 22.9 Å². The number of nitrogens with one attached hydrogen (secondary N) is 1. The Balaban J connectivity index is 1.33. The molecule has 0 spiro atoms. The van der Waals surface area contributed by atoms with Gasteiger partial charge in [0.2, 0.25) is 0 Å². The van der Waals surface area contributed by atoms with Crippen molar-refractivity contribution >= 4 is 22.7 Å². The summed E-state index contributed by atoms with van der Waals surface area (Å²) >= 11 is 0.